The van der Waals surface area contributed by atoms with Crippen LogP contribution in [-0.4, -0.2) is 20.7 Å². The van der Waals surface area contributed by atoms with Gasteiger partial charge in [0, 0.05) is 34.4 Å². The minimum atomic E-state index is -0.152. The van der Waals surface area contributed by atoms with E-state index in [1.54, 1.807) is 0 Å². The van der Waals surface area contributed by atoms with Crippen LogP contribution in [0, 0.1) is 0 Å². The molecule has 0 bridgehead atoms. The van der Waals surface area contributed by atoms with E-state index in [-0.39, 0.29) is 11.3 Å². The lowest BCUT2D eigenvalue weighted by Crippen LogP contribution is -2.17. The summed E-state index contributed by atoms with van der Waals surface area (Å²) in [7, 11) is 0. The summed E-state index contributed by atoms with van der Waals surface area (Å²) < 4.78 is 2.84. The Hall–Kier alpha value is -1.56. The van der Waals surface area contributed by atoms with Gasteiger partial charge in [0.15, 0.2) is 5.82 Å². The number of rotatable bonds is 4. The number of carbonyl (C=O) groups is 1. The minimum Gasteiger partial charge on any atom is -0.342 e. The van der Waals surface area contributed by atoms with Crippen molar-refractivity contribution in [3.8, 4) is 0 Å². The van der Waals surface area contributed by atoms with Crippen LogP contribution in [0.15, 0.2) is 22.8 Å². The van der Waals surface area contributed by atoms with Crippen LogP contribution < -0.4 is 5.32 Å². The average Bonchev–Trinajstić information content (AvgIpc) is 2.96. The van der Waals surface area contributed by atoms with E-state index in [4.69, 9.17) is 0 Å². The Morgan fingerprint density at radius 1 is 1.43 bits per heavy atom. The summed E-state index contributed by atoms with van der Waals surface area (Å²) in [5.41, 5.74) is 1.59. The number of nitrogens with one attached hydrogen (secondary N) is 2. The quantitative estimate of drug-likeness (QED) is 0.875. The highest BCUT2D eigenvalue weighted by Gasteiger charge is 2.19. The van der Waals surface area contributed by atoms with Crippen molar-refractivity contribution in [3.63, 3.8) is 0 Å². The van der Waals surface area contributed by atoms with Gasteiger partial charge >= 0.3 is 0 Å². The number of hydrogen-bond donors (Lipinski definition) is 2. The maximum absolute atomic E-state index is 12.4. The van der Waals surface area contributed by atoms with Gasteiger partial charge in [0.05, 0.1) is 0 Å². The van der Waals surface area contributed by atoms with Gasteiger partial charge in [0.1, 0.15) is 5.69 Å². The lowest BCUT2D eigenvalue weighted by Gasteiger charge is -2.14. The zero-order valence-electron chi connectivity index (χ0n) is 12.8. The molecule has 6 heteroatoms. The number of hydrogen-bond acceptors (Lipinski definition) is 2. The second kappa shape index (κ2) is 6.05. The van der Waals surface area contributed by atoms with Crippen molar-refractivity contribution < 1.29 is 4.79 Å². The number of nitrogens with zero attached hydrogens (tertiary/aromatic N) is 2. The highest BCUT2D eigenvalue weighted by molar-refractivity contribution is 9.10. The molecule has 0 aliphatic rings. The van der Waals surface area contributed by atoms with Crippen LogP contribution >= 0.6 is 15.9 Å². The fraction of sp³-hybridized carbons (Fsp3) is 0.467. The first kappa shape index (κ1) is 15.8. The molecule has 0 atom stereocenters. The Labute approximate surface area is 133 Å². The Morgan fingerprint density at radius 2 is 2.14 bits per heavy atom. The number of halogens is 1. The van der Waals surface area contributed by atoms with Gasteiger partial charge in [0.2, 0.25) is 0 Å². The second-order valence-corrected chi connectivity index (χ2v) is 7.02. The monoisotopic (exact) mass is 352 g/mol. The lowest BCUT2D eigenvalue weighted by atomic mass is 9.92. The second-order valence-electron chi connectivity index (χ2n) is 6.11. The van der Waals surface area contributed by atoms with E-state index in [2.05, 4.69) is 59.1 Å². The fourth-order valence-electron chi connectivity index (χ4n) is 2.04. The number of H-pyrrole nitrogens is 1. The van der Waals surface area contributed by atoms with Crippen molar-refractivity contribution in [1.29, 1.82) is 0 Å². The predicted molar refractivity (Wildman–Crippen MR) is 87.7 cm³/mol. The lowest BCUT2D eigenvalue weighted by molar-refractivity contribution is 0.101. The van der Waals surface area contributed by atoms with Crippen molar-refractivity contribution in [3.05, 3.63) is 34.2 Å². The number of aromatic nitrogens is 3. The SMILES string of the molecule is CCCn1cc(Br)cc1C(=O)Nc1cc(C(C)(C)C)[nH]n1. The van der Waals surface area contributed by atoms with E-state index in [0.29, 0.717) is 11.5 Å². The predicted octanol–water partition coefficient (Wildman–Crippen LogP) is 3.93. The average molecular weight is 353 g/mol. The molecular weight excluding hydrogens is 332 g/mol. The van der Waals surface area contributed by atoms with Gasteiger partial charge in [0.25, 0.3) is 5.91 Å². The van der Waals surface area contributed by atoms with Gasteiger partial charge in [-0.15, -0.1) is 0 Å². The Kier molecular flexibility index (Phi) is 4.56. The van der Waals surface area contributed by atoms with Crippen LogP contribution in [-0.2, 0) is 12.0 Å². The van der Waals surface area contributed by atoms with Crippen LogP contribution in [0.1, 0.15) is 50.3 Å². The molecule has 2 N–H and O–H groups in total. The van der Waals surface area contributed by atoms with Gasteiger partial charge in [-0.3, -0.25) is 9.89 Å². The van der Waals surface area contributed by atoms with Crippen molar-refractivity contribution in [2.45, 2.75) is 46.1 Å². The van der Waals surface area contributed by atoms with Gasteiger partial charge < -0.3 is 9.88 Å². The molecule has 2 rings (SSSR count). The van der Waals surface area contributed by atoms with Crippen molar-refractivity contribution >= 4 is 27.7 Å². The fourth-order valence-corrected chi connectivity index (χ4v) is 2.51. The zero-order chi connectivity index (χ0) is 15.6. The van der Waals surface area contributed by atoms with Crippen molar-refractivity contribution in [2.24, 2.45) is 0 Å². The molecule has 0 saturated heterocycles. The highest BCUT2D eigenvalue weighted by Crippen LogP contribution is 2.22. The highest BCUT2D eigenvalue weighted by atomic mass is 79.9. The molecule has 0 saturated carbocycles. The number of carbonyl (C=O) groups excluding carboxylic acids is 1. The summed E-state index contributed by atoms with van der Waals surface area (Å²) in [6.45, 7) is 9.17. The smallest absolute Gasteiger partial charge is 0.273 e. The molecule has 114 valence electrons. The third-order valence-corrected chi connectivity index (χ3v) is 3.62. The molecule has 2 aromatic rings. The normalized spacial score (nSPS) is 11.7. The standard InChI is InChI=1S/C15H21BrN4O/c1-5-6-20-9-10(16)7-11(20)14(21)17-13-8-12(18-19-13)15(2,3)4/h7-9H,5-6H2,1-4H3,(H2,17,18,19,21). The maximum Gasteiger partial charge on any atom is 0.273 e. The molecule has 0 radical (unpaired) electrons. The first-order valence-electron chi connectivity index (χ1n) is 7.04. The molecule has 1 amide bonds. The van der Waals surface area contributed by atoms with E-state index in [1.807, 2.05) is 22.9 Å². The van der Waals surface area contributed by atoms with Crippen LogP contribution in [0.3, 0.4) is 0 Å². The van der Waals surface area contributed by atoms with Gasteiger partial charge in [-0.05, 0) is 28.4 Å². The first-order valence-corrected chi connectivity index (χ1v) is 7.83. The molecule has 2 heterocycles. The van der Waals surface area contributed by atoms with Crippen LogP contribution in [0.25, 0.3) is 0 Å². The van der Waals surface area contributed by atoms with Crippen molar-refractivity contribution in [1.82, 2.24) is 14.8 Å². The molecule has 0 spiro atoms. The summed E-state index contributed by atoms with van der Waals surface area (Å²) in [4.78, 5) is 12.4. The van der Waals surface area contributed by atoms with Gasteiger partial charge in [-0.25, -0.2) is 0 Å². The molecule has 21 heavy (non-hydrogen) atoms. The Balaban J connectivity index is 2.16. The topological polar surface area (TPSA) is 62.7 Å². The largest absolute Gasteiger partial charge is 0.342 e. The first-order chi connectivity index (χ1) is 9.81. The number of anilines is 1. The number of aryl methyl sites for hydroxylation is 1. The van der Waals surface area contributed by atoms with E-state index < -0.39 is 0 Å². The van der Waals surface area contributed by atoms with E-state index in [0.717, 1.165) is 23.1 Å². The molecule has 5 nitrogen and oxygen atoms in total. The summed E-state index contributed by atoms with van der Waals surface area (Å²) in [5, 5.41) is 9.96. The zero-order valence-corrected chi connectivity index (χ0v) is 14.4. The van der Waals surface area contributed by atoms with Crippen LogP contribution in [0.5, 0.6) is 0 Å². The number of aromatic amines is 1. The third kappa shape index (κ3) is 3.75. The molecule has 0 aliphatic heterocycles. The molecule has 0 fully saturated rings. The van der Waals surface area contributed by atoms with Gasteiger partial charge in [-0.2, -0.15) is 5.10 Å². The third-order valence-electron chi connectivity index (χ3n) is 3.19. The maximum atomic E-state index is 12.4. The van der Waals surface area contributed by atoms with Crippen LogP contribution in [0.4, 0.5) is 5.82 Å². The molecular formula is C15H21BrN4O. The Bertz CT molecular complexity index is 636. The van der Waals surface area contributed by atoms with E-state index in [1.165, 1.54) is 0 Å². The summed E-state index contributed by atoms with van der Waals surface area (Å²) >= 11 is 3.41. The summed E-state index contributed by atoms with van der Waals surface area (Å²) in [6.07, 6.45) is 2.89. The van der Waals surface area contributed by atoms with E-state index in [9.17, 15) is 4.79 Å². The summed E-state index contributed by atoms with van der Waals surface area (Å²) in [6, 6.07) is 3.70. The molecule has 0 aromatic carbocycles. The Morgan fingerprint density at radius 3 is 2.71 bits per heavy atom. The van der Waals surface area contributed by atoms with Crippen LogP contribution in [0.2, 0.25) is 0 Å². The molecule has 0 aliphatic carbocycles. The molecule has 2 aromatic heterocycles. The van der Waals surface area contributed by atoms with Crippen molar-refractivity contribution in [2.75, 3.05) is 5.32 Å². The number of amides is 1. The van der Waals surface area contributed by atoms with Gasteiger partial charge in [-0.1, -0.05) is 27.7 Å². The minimum absolute atomic E-state index is 0.0264. The molecule has 0 unspecified atom stereocenters. The van der Waals surface area contributed by atoms with E-state index >= 15 is 0 Å². The summed E-state index contributed by atoms with van der Waals surface area (Å²) in [5.74, 6) is 0.395.